The maximum Gasteiger partial charge on any atom is 0.338 e. The second kappa shape index (κ2) is 10.2. The Morgan fingerprint density at radius 2 is 1.84 bits per heavy atom. The maximum atomic E-state index is 11.9. The number of benzene rings is 2. The highest BCUT2D eigenvalue weighted by molar-refractivity contribution is 5.90. The molecule has 0 saturated carbocycles. The van der Waals surface area contributed by atoms with E-state index in [1.807, 2.05) is 32.0 Å². The zero-order valence-electron chi connectivity index (χ0n) is 17.7. The van der Waals surface area contributed by atoms with E-state index in [1.165, 1.54) is 6.21 Å². The van der Waals surface area contributed by atoms with Gasteiger partial charge in [0.25, 0.3) is 5.91 Å². The first-order valence-electron chi connectivity index (χ1n) is 9.85. The second-order valence-corrected chi connectivity index (χ2v) is 6.85. The number of aryl methyl sites for hydroxylation is 2. The molecular weight excluding hydrogens is 396 g/mol. The normalized spacial score (nSPS) is 10.8. The van der Waals surface area contributed by atoms with Crippen molar-refractivity contribution in [3.8, 4) is 17.1 Å². The molecule has 3 rings (SSSR count). The van der Waals surface area contributed by atoms with Gasteiger partial charge in [0.2, 0.25) is 0 Å². The van der Waals surface area contributed by atoms with Gasteiger partial charge >= 0.3 is 5.97 Å². The number of hydrazone groups is 1. The van der Waals surface area contributed by atoms with Crippen molar-refractivity contribution in [1.82, 2.24) is 5.43 Å². The summed E-state index contributed by atoms with van der Waals surface area (Å²) in [6.07, 6.45) is 1.41. The number of hydrogen-bond acceptors (Lipinski definition) is 6. The number of carbonyl (C=O) groups excluding carboxylic acids is 2. The lowest BCUT2D eigenvalue weighted by Crippen LogP contribution is -2.24. The summed E-state index contributed by atoms with van der Waals surface area (Å²) in [6.45, 7) is 5.83. The first-order chi connectivity index (χ1) is 15.0. The molecule has 0 atom stereocenters. The lowest BCUT2D eigenvalue weighted by Gasteiger charge is -2.08. The van der Waals surface area contributed by atoms with Crippen molar-refractivity contribution in [2.24, 2.45) is 5.10 Å². The lowest BCUT2D eigenvalue weighted by atomic mass is 10.1. The molecule has 0 saturated heterocycles. The summed E-state index contributed by atoms with van der Waals surface area (Å²) in [7, 11) is 0. The van der Waals surface area contributed by atoms with Crippen LogP contribution >= 0.6 is 0 Å². The Labute approximate surface area is 180 Å². The van der Waals surface area contributed by atoms with Gasteiger partial charge in [-0.2, -0.15) is 5.10 Å². The number of rotatable bonds is 8. The third kappa shape index (κ3) is 6.05. The molecular formula is C24H24N2O5. The van der Waals surface area contributed by atoms with Crippen molar-refractivity contribution in [2.75, 3.05) is 13.2 Å². The smallest absolute Gasteiger partial charge is 0.338 e. The fourth-order valence-electron chi connectivity index (χ4n) is 2.77. The van der Waals surface area contributed by atoms with E-state index in [4.69, 9.17) is 13.9 Å². The van der Waals surface area contributed by atoms with Gasteiger partial charge in [-0.3, -0.25) is 4.79 Å². The quantitative estimate of drug-likeness (QED) is 0.334. The average Bonchev–Trinajstić information content (AvgIpc) is 3.23. The predicted molar refractivity (Wildman–Crippen MR) is 117 cm³/mol. The summed E-state index contributed by atoms with van der Waals surface area (Å²) in [5.41, 5.74) is 5.71. The molecule has 0 aliphatic rings. The fraction of sp³-hybridized carbons (Fsp3) is 0.208. The van der Waals surface area contributed by atoms with Crippen LogP contribution in [0, 0.1) is 13.8 Å². The van der Waals surface area contributed by atoms with E-state index in [9.17, 15) is 9.59 Å². The third-order valence-electron chi connectivity index (χ3n) is 4.39. The van der Waals surface area contributed by atoms with Crippen molar-refractivity contribution in [1.29, 1.82) is 0 Å². The van der Waals surface area contributed by atoms with Crippen molar-refractivity contribution >= 4 is 18.1 Å². The Morgan fingerprint density at radius 1 is 1.06 bits per heavy atom. The van der Waals surface area contributed by atoms with Crippen LogP contribution in [0.15, 0.2) is 64.1 Å². The van der Waals surface area contributed by atoms with Crippen LogP contribution in [-0.2, 0) is 9.53 Å². The number of furan rings is 1. The monoisotopic (exact) mass is 420 g/mol. The molecule has 0 unspecified atom stereocenters. The average molecular weight is 420 g/mol. The molecule has 1 heterocycles. The van der Waals surface area contributed by atoms with Gasteiger partial charge in [-0.05, 0) is 62.2 Å². The van der Waals surface area contributed by atoms with Gasteiger partial charge in [0.05, 0.1) is 18.4 Å². The molecule has 0 bridgehead atoms. The molecule has 1 aromatic heterocycles. The second-order valence-electron chi connectivity index (χ2n) is 6.85. The van der Waals surface area contributed by atoms with Crippen LogP contribution in [0.25, 0.3) is 11.3 Å². The molecule has 0 radical (unpaired) electrons. The highest BCUT2D eigenvalue weighted by Crippen LogP contribution is 2.22. The van der Waals surface area contributed by atoms with Gasteiger partial charge in [-0.25, -0.2) is 10.2 Å². The van der Waals surface area contributed by atoms with Crippen LogP contribution in [0.2, 0.25) is 0 Å². The molecule has 3 aromatic rings. The first-order valence-corrected chi connectivity index (χ1v) is 9.85. The van der Waals surface area contributed by atoms with E-state index in [2.05, 4.69) is 10.5 Å². The molecule has 0 aliphatic heterocycles. The Bertz CT molecular complexity index is 1080. The zero-order chi connectivity index (χ0) is 22.2. The number of nitrogens with zero attached hydrogens (tertiary/aromatic N) is 1. The van der Waals surface area contributed by atoms with E-state index in [1.54, 1.807) is 43.3 Å². The topological polar surface area (TPSA) is 90.1 Å². The third-order valence-corrected chi connectivity index (χ3v) is 4.39. The molecule has 160 valence electrons. The number of hydrogen-bond donors (Lipinski definition) is 1. The summed E-state index contributed by atoms with van der Waals surface area (Å²) in [5, 5.41) is 3.90. The van der Waals surface area contributed by atoms with E-state index < -0.39 is 0 Å². The number of ether oxygens (including phenoxy) is 2. The Kier molecular flexibility index (Phi) is 7.22. The van der Waals surface area contributed by atoms with Crippen LogP contribution < -0.4 is 10.2 Å². The van der Waals surface area contributed by atoms with Crippen LogP contribution in [-0.4, -0.2) is 31.3 Å². The van der Waals surface area contributed by atoms with Crippen LogP contribution in [0.3, 0.4) is 0 Å². The molecule has 7 nitrogen and oxygen atoms in total. The van der Waals surface area contributed by atoms with E-state index in [0.29, 0.717) is 29.4 Å². The number of carbonyl (C=O) groups is 2. The van der Waals surface area contributed by atoms with Crippen LogP contribution in [0.5, 0.6) is 5.75 Å². The first kappa shape index (κ1) is 21.8. The lowest BCUT2D eigenvalue weighted by molar-refractivity contribution is -0.123. The molecule has 0 fully saturated rings. The van der Waals surface area contributed by atoms with Gasteiger partial charge in [-0.15, -0.1) is 0 Å². The Morgan fingerprint density at radius 3 is 2.58 bits per heavy atom. The fourth-order valence-corrected chi connectivity index (χ4v) is 2.77. The highest BCUT2D eigenvalue weighted by atomic mass is 16.5. The summed E-state index contributed by atoms with van der Waals surface area (Å²) in [4.78, 5) is 23.7. The van der Waals surface area contributed by atoms with Crippen molar-refractivity contribution in [2.45, 2.75) is 20.8 Å². The molecule has 2 aromatic carbocycles. The van der Waals surface area contributed by atoms with Crippen LogP contribution in [0.1, 0.15) is 34.2 Å². The summed E-state index contributed by atoms with van der Waals surface area (Å²) >= 11 is 0. The Hall–Kier alpha value is -3.87. The molecule has 0 spiro atoms. The summed E-state index contributed by atoms with van der Waals surface area (Å²) in [6, 6.07) is 16.2. The van der Waals surface area contributed by atoms with Gasteiger partial charge in [0, 0.05) is 5.56 Å². The number of amides is 1. The van der Waals surface area contributed by atoms with Crippen molar-refractivity contribution in [3.63, 3.8) is 0 Å². The molecule has 7 heteroatoms. The molecule has 1 amide bonds. The molecule has 31 heavy (non-hydrogen) atoms. The van der Waals surface area contributed by atoms with E-state index >= 15 is 0 Å². The van der Waals surface area contributed by atoms with Crippen molar-refractivity contribution < 1.29 is 23.5 Å². The van der Waals surface area contributed by atoms with Gasteiger partial charge in [-0.1, -0.05) is 24.3 Å². The standard InChI is InChI=1S/C24H24N2O5/c1-4-29-24(28)19-9-7-18(8-10-19)21-12-11-20(31-21)14-25-26-23(27)15-30-22-13-16(2)5-6-17(22)3/h5-14H,4,15H2,1-3H3,(H,26,27)/b25-14+. The van der Waals surface area contributed by atoms with Gasteiger partial charge < -0.3 is 13.9 Å². The van der Waals surface area contributed by atoms with Gasteiger partial charge in [0.15, 0.2) is 6.61 Å². The predicted octanol–water partition coefficient (Wildman–Crippen LogP) is 4.27. The van der Waals surface area contributed by atoms with Crippen LogP contribution in [0.4, 0.5) is 0 Å². The maximum absolute atomic E-state index is 11.9. The molecule has 1 N–H and O–H groups in total. The summed E-state index contributed by atoms with van der Waals surface area (Å²) in [5.74, 6) is 1.02. The minimum Gasteiger partial charge on any atom is -0.483 e. The number of nitrogens with one attached hydrogen (secondary N) is 1. The highest BCUT2D eigenvalue weighted by Gasteiger charge is 2.09. The largest absolute Gasteiger partial charge is 0.483 e. The molecule has 0 aliphatic carbocycles. The number of esters is 1. The van der Waals surface area contributed by atoms with E-state index in [0.717, 1.165) is 16.7 Å². The van der Waals surface area contributed by atoms with Gasteiger partial charge in [0.1, 0.15) is 17.3 Å². The zero-order valence-corrected chi connectivity index (χ0v) is 17.7. The minimum absolute atomic E-state index is 0.141. The minimum atomic E-state index is -0.376. The Balaban J connectivity index is 1.52. The summed E-state index contributed by atoms with van der Waals surface area (Å²) < 4.78 is 16.2. The SMILES string of the molecule is CCOC(=O)c1ccc(-c2ccc(/C=N/NC(=O)COc3cc(C)ccc3C)o2)cc1. The van der Waals surface area contributed by atoms with E-state index in [-0.39, 0.29) is 18.5 Å². The van der Waals surface area contributed by atoms with Crippen molar-refractivity contribution in [3.05, 3.63) is 77.0 Å².